The highest BCUT2D eigenvalue weighted by Crippen LogP contribution is 2.44. The zero-order valence-corrected chi connectivity index (χ0v) is 20.1. The molecular weight excluding hydrogens is 454 g/mol. The van der Waals surface area contributed by atoms with Crippen LogP contribution >= 0.6 is 11.3 Å². The smallest absolute Gasteiger partial charge is 0.297 e. The molecule has 5 rings (SSSR count). The summed E-state index contributed by atoms with van der Waals surface area (Å²) in [5.74, 6) is 0.636. The van der Waals surface area contributed by atoms with Crippen LogP contribution in [0.4, 0.5) is 5.13 Å². The van der Waals surface area contributed by atoms with Crippen LogP contribution in [-0.2, 0) is 6.42 Å². The lowest BCUT2D eigenvalue weighted by molar-refractivity contribution is 0.0970. The molecular formula is C25H23N3O5S. The first-order chi connectivity index (χ1) is 16.5. The number of hydrogen-bond donors (Lipinski definition) is 0. The van der Waals surface area contributed by atoms with E-state index in [1.807, 2.05) is 19.1 Å². The predicted octanol–water partition coefficient (Wildman–Crippen LogP) is 4.67. The Hall–Kier alpha value is -3.72. The number of rotatable bonds is 6. The van der Waals surface area contributed by atoms with Gasteiger partial charge in [0.25, 0.3) is 5.91 Å². The molecule has 1 atom stereocenters. The number of benzene rings is 2. The van der Waals surface area contributed by atoms with Crippen molar-refractivity contribution in [3.8, 4) is 11.5 Å². The first-order valence-corrected chi connectivity index (χ1v) is 11.7. The van der Waals surface area contributed by atoms with Crippen molar-refractivity contribution in [2.45, 2.75) is 32.7 Å². The fraction of sp³-hybridized carbons (Fsp3) is 0.280. The van der Waals surface area contributed by atoms with Crippen LogP contribution in [0.15, 0.2) is 45.6 Å². The summed E-state index contributed by atoms with van der Waals surface area (Å²) in [5.41, 5.74) is 2.02. The first-order valence-electron chi connectivity index (χ1n) is 10.9. The van der Waals surface area contributed by atoms with Crippen molar-refractivity contribution in [3.63, 3.8) is 0 Å². The van der Waals surface area contributed by atoms with Crippen molar-refractivity contribution in [3.05, 3.63) is 74.1 Å². The molecule has 0 bridgehead atoms. The van der Waals surface area contributed by atoms with Gasteiger partial charge in [0.1, 0.15) is 10.6 Å². The van der Waals surface area contributed by atoms with E-state index in [-0.39, 0.29) is 16.8 Å². The van der Waals surface area contributed by atoms with Gasteiger partial charge in [-0.15, -0.1) is 10.2 Å². The zero-order valence-electron chi connectivity index (χ0n) is 19.2. The zero-order chi connectivity index (χ0) is 24.0. The topological polar surface area (TPSA) is 94.8 Å². The number of nitrogens with zero attached hydrogens (tertiary/aromatic N) is 3. The minimum absolute atomic E-state index is 0.0216. The summed E-state index contributed by atoms with van der Waals surface area (Å²) in [6.45, 7) is 3.96. The van der Waals surface area contributed by atoms with Gasteiger partial charge >= 0.3 is 0 Å². The quantitative estimate of drug-likeness (QED) is 0.398. The maximum Gasteiger partial charge on any atom is 0.297 e. The number of aromatic nitrogens is 2. The van der Waals surface area contributed by atoms with Crippen LogP contribution in [0, 0.1) is 6.92 Å². The van der Waals surface area contributed by atoms with Crippen LogP contribution in [0.1, 0.15) is 51.6 Å². The van der Waals surface area contributed by atoms with E-state index in [9.17, 15) is 9.59 Å². The van der Waals surface area contributed by atoms with Crippen molar-refractivity contribution < 1.29 is 18.7 Å². The number of methoxy groups -OCH3 is 2. The Kier molecular flexibility index (Phi) is 5.57. The van der Waals surface area contributed by atoms with Crippen LogP contribution < -0.4 is 19.8 Å². The van der Waals surface area contributed by atoms with Gasteiger partial charge in [0.05, 0.1) is 31.2 Å². The Labute approximate surface area is 199 Å². The van der Waals surface area contributed by atoms with Crippen LogP contribution in [-0.4, -0.2) is 30.3 Å². The van der Waals surface area contributed by atoms with E-state index in [0.29, 0.717) is 33.2 Å². The number of anilines is 1. The molecule has 1 aliphatic rings. The number of aryl methyl sites for hydroxylation is 2. The molecule has 0 N–H and O–H groups in total. The maximum absolute atomic E-state index is 13.7. The van der Waals surface area contributed by atoms with Gasteiger partial charge in [-0.2, -0.15) is 0 Å². The average Bonchev–Trinajstić information content (AvgIpc) is 3.41. The van der Waals surface area contributed by atoms with E-state index >= 15 is 0 Å². The second-order valence-electron chi connectivity index (χ2n) is 8.09. The molecule has 1 unspecified atom stereocenters. The summed E-state index contributed by atoms with van der Waals surface area (Å²) in [6, 6.07) is 9.95. The fourth-order valence-electron chi connectivity index (χ4n) is 4.28. The summed E-state index contributed by atoms with van der Waals surface area (Å²) in [4.78, 5) is 28.9. The van der Waals surface area contributed by atoms with E-state index < -0.39 is 11.9 Å². The van der Waals surface area contributed by atoms with Crippen LogP contribution in [0.25, 0.3) is 11.0 Å². The number of ether oxygens (including phenoxy) is 2. The Balaban J connectivity index is 1.77. The Bertz CT molecular complexity index is 1480. The third kappa shape index (κ3) is 3.43. The molecule has 2 aromatic heterocycles. The fourth-order valence-corrected chi connectivity index (χ4v) is 5.25. The molecule has 1 aliphatic heterocycles. The first kappa shape index (κ1) is 22.1. The lowest BCUT2D eigenvalue weighted by atomic mass is 9.98. The number of hydrogen-bond acceptors (Lipinski definition) is 8. The van der Waals surface area contributed by atoms with Gasteiger partial charge in [0.15, 0.2) is 16.9 Å². The molecule has 4 aromatic rings. The van der Waals surface area contributed by atoms with Gasteiger partial charge in [-0.05, 0) is 43.2 Å². The number of carbonyl (C=O) groups is 1. The molecule has 0 fully saturated rings. The van der Waals surface area contributed by atoms with Crippen molar-refractivity contribution in [2.75, 3.05) is 19.1 Å². The number of carbonyl (C=O) groups excluding carboxylic acids is 1. The van der Waals surface area contributed by atoms with E-state index in [2.05, 4.69) is 17.1 Å². The summed E-state index contributed by atoms with van der Waals surface area (Å²) < 4.78 is 16.9. The minimum atomic E-state index is -0.745. The van der Waals surface area contributed by atoms with Gasteiger partial charge in [0, 0.05) is 6.42 Å². The highest BCUT2D eigenvalue weighted by Gasteiger charge is 2.45. The van der Waals surface area contributed by atoms with E-state index in [4.69, 9.17) is 13.9 Å². The monoisotopic (exact) mass is 477 g/mol. The molecule has 1 amide bonds. The van der Waals surface area contributed by atoms with Gasteiger partial charge in [-0.1, -0.05) is 36.0 Å². The molecule has 0 saturated carbocycles. The molecule has 0 spiro atoms. The number of amides is 1. The molecule has 8 nitrogen and oxygen atoms in total. The third-order valence-corrected chi connectivity index (χ3v) is 6.86. The largest absolute Gasteiger partial charge is 0.493 e. The maximum atomic E-state index is 13.7. The van der Waals surface area contributed by atoms with Gasteiger partial charge in [-0.3, -0.25) is 14.5 Å². The van der Waals surface area contributed by atoms with Crippen molar-refractivity contribution in [1.82, 2.24) is 10.2 Å². The minimum Gasteiger partial charge on any atom is -0.493 e. The summed E-state index contributed by atoms with van der Waals surface area (Å²) in [6.07, 6.45) is 1.67. The van der Waals surface area contributed by atoms with E-state index in [1.54, 1.807) is 38.5 Å². The molecule has 34 heavy (non-hydrogen) atoms. The molecule has 2 aromatic carbocycles. The second kappa shape index (κ2) is 8.57. The lowest BCUT2D eigenvalue weighted by Crippen LogP contribution is -2.29. The summed E-state index contributed by atoms with van der Waals surface area (Å²) in [7, 11) is 3.09. The highest BCUT2D eigenvalue weighted by molar-refractivity contribution is 7.15. The van der Waals surface area contributed by atoms with Crippen LogP contribution in [0.3, 0.4) is 0 Å². The molecule has 9 heteroatoms. The lowest BCUT2D eigenvalue weighted by Gasteiger charge is -2.23. The van der Waals surface area contributed by atoms with Gasteiger partial charge < -0.3 is 13.9 Å². The summed E-state index contributed by atoms with van der Waals surface area (Å²) >= 11 is 1.34. The molecule has 3 heterocycles. The third-order valence-electron chi connectivity index (χ3n) is 5.88. The predicted molar refractivity (Wildman–Crippen MR) is 129 cm³/mol. The molecule has 174 valence electrons. The second-order valence-corrected chi connectivity index (χ2v) is 9.13. The average molecular weight is 478 g/mol. The standard InChI is InChI=1S/C25H23N3O5S/c1-5-6-19-26-27-25(34-19)28-21(14-8-10-17(31-3)18(12-14)32-4)20-22(29)15-11-13(2)7-9-16(15)33-23(20)24(28)30/h7-12,21H,5-6H2,1-4H3. The molecule has 0 radical (unpaired) electrons. The van der Waals surface area contributed by atoms with Crippen LogP contribution in [0.5, 0.6) is 11.5 Å². The Morgan fingerprint density at radius 2 is 1.85 bits per heavy atom. The van der Waals surface area contributed by atoms with Crippen molar-refractivity contribution in [2.24, 2.45) is 0 Å². The van der Waals surface area contributed by atoms with E-state index in [1.165, 1.54) is 16.2 Å². The molecule has 0 saturated heterocycles. The van der Waals surface area contributed by atoms with Crippen molar-refractivity contribution in [1.29, 1.82) is 0 Å². The molecule has 0 aliphatic carbocycles. The van der Waals surface area contributed by atoms with Gasteiger partial charge in [0.2, 0.25) is 10.9 Å². The normalized spacial score (nSPS) is 15.1. The Morgan fingerprint density at radius 3 is 2.59 bits per heavy atom. The van der Waals surface area contributed by atoms with Crippen molar-refractivity contribution >= 4 is 33.3 Å². The summed E-state index contributed by atoms with van der Waals surface area (Å²) in [5, 5.41) is 10.2. The highest BCUT2D eigenvalue weighted by atomic mass is 32.1. The SMILES string of the molecule is CCCc1nnc(N2C(=O)c3oc4ccc(C)cc4c(=O)c3C2c2ccc(OC)c(OC)c2)s1. The Morgan fingerprint density at radius 1 is 1.06 bits per heavy atom. The van der Waals surface area contributed by atoms with Gasteiger partial charge in [-0.25, -0.2) is 0 Å². The van der Waals surface area contributed by atoms with Crippen LogP contribution in [0.2, 0.25) is 0 Å². The van der Waals surface area contributed by atoms with E-state index in [0.717, 1.165) is 23.4 Å². The number of fused-ring (bicyclic) bond motifs is 2.